The lowest BCUT2D eigenvalue weighted by Gasteiger charge is -2.16. The van der Waals surface area contributed by atoms with E-state index in [0.717, 1.165) is 15.6 Å². The molecule has 0 bridgehead atoms. The lowest BCUT2D eigenvalue weighted by atomic mass is 9.99. The van der Waals surface area contributed by atoms with Gasteiger partial charge >= 0.3 is 7.60 Å². The molecule has 0 unspecified atom stereocenters. The molecule has 3 rings (SSSR count). The molecule has 4 nitrogen and oxygen atoms in total. The smallest absolute Gasteiger partial charge is 0.308 e. The van der Waals surface area contributed by atoms with Gasteiger partial charge in [0.2, 0.25) is 5.78 Å². The third kappa shape index (κ3) is 2.64. The average molecular weight is 393 g/mol. The summed E-state index contributed by atoms with van der Waals surface area (Å²) in [7, 11) is -1.12. The van der Waals surface area contributed by atoms with Crippen LogP contribution in [0.15, 0.2) is 58.3 Å². The fourth-order valence-electron chi connectivity index (χ4n) is 2.71. The summed E-state index contributed by atoms with van der Waals surface area (Å²) in [6.07, 6.45) is 0. The van der Waals surface area contributed by atoms with Gasteiger partial charge < -0.3 is 9.05 Å². The molecule has 2 aromatic carbocycles. The number of rotatable bonds is 4. The molecule has 118 valence electrons. The monoisotopic (exact) mass is 392 g/mol. The fraction of sp³-hybridized carbons (Fsp3) is 0.118. The van der Waals surface area contributed by atoms with Gasteiger partial charge in [0.05, 0.1) is 0 Å². The number of halogens is 1. The first-order valence-corrected chi connectivity index (χ1v) is 9.22. The van der Waals surface area contributed by atoms with Crippen LogP contribution in [0.1, 0.15) is 21.5 Å². The van der Waals surface area contributed by atoms with Crippen LogP contribution in [0.2, 0.25) is 0 Å². The van der Waals surface area contributed by atoms with E-state index in [1.807, 2.05) is 42.5 Å². The Hall–Kier alpha value is -1.52. The predicted octanol–water partition coefficient (Wildman–Crippen LogP) is 4.89. The van der Waals surface area contributed by atoms with Crippen molar-refractivity contribution in [2.75, 3.05) is 14.2 Å². The van der Waals surface area contributed by atoms with Crippen LogP contribution in [0.5, 0.6) is 0 Å². The Labute approximate surface area is 142 Å². The van der Waals surface area contributed by atoms with E-state index in [9.17, 15) is 9.36 Å². The van der Waals surface area contributed by atoms with Crippen LogP contribution in [0.3, 0.4) is 0 Å². The third-order valence-electron chi connectivity index (χ3n) is 3.76. The minimum absolute atomic E-state index is 0.0850. The van der Waals surface area contributed by atoms with Crippen LogP contribution >= 0.6 is 23.5 Å². The molecule has 0 fully saturated rings. The Bertz CT molecular complexity index is 850. The summed E-state index contributed by atoms with van der Waals surface area (Å²) in [5.74, 6) is -0.327. The Morgan fingerprint density at radius 2 is 1.61 bits per heavy atom. The molecule has 0 saturated heterocycles. The van der Waals surface area contributed by atoms with Gasteiger partial charge in [0, 0.05) is 29.8 Å². The molecule has 23 heavy (non-hydrogen) atoms. The van der Waals surface area contributed by atoms with Crippen molar-refractivity contribution in [3.8, 4) is 0 Å². The number of benzene rings is 2. The average Bonchev–Trinajstić information content (AvgIpc) is 2.88. The lowest BCUT2D eigenvalue weighted by Crippen LogP contribution is -2.03. The number of fused-ring (bicyclic) bond motifs is 1. The van der Waals surface area contributed by atoms with Crippen molar-refractivity contribution in [2.45, 2.75) is 0 Å². The van der Waals surface area contributed by atoms with Crippen molar-refractivity contribution in [3.63, 3.8) is 0 Å². The van der Waals surface area contributed by atoms with Gasteiger partial charge in [-0.1, -0.05) is 52.3 Å². The number of carbonyl (C=O) groups excluding carboxylic acids is 1. The Morgan fingerprint density at radius 3 is 2.22 bits per heavy atom. The Morgan fingerprint density at radius 1 is 0.957 bits per heavy atom. The Kier molecular flexibility index (Phi) is 4.39. The van der Waals surface area contributed by atoms with Gasteiger partial charge in [-0.25, -0.2) is 0 Å². The molecule has 0 spiro atoms. The molecule has 1 aliphatic carbocycles. The van der Waals surface area contributed by atoms with Gasteiger partial charge in [0.15, 0.2) is 0 Å². The predicted molar refractivity (Wildman–Crippen MR) is 92.6 cm³/mol. The third-order valence-corrected chi connectivity index (χ3v) is 6.19. The Balaban J connectivity index is 2.36. The molecule has 1 aliphatic rings. The summed E-state index contributed by atoms with van der Waals surface area (Å²) in [5, 5.41) is 0.0850. The van der Waals surface area contributed by atoms with Gasteiger partial charge in [0.25, 0.3) is 0 Å². The summed E-state index contributed by atoms with van der Waals surface area (Å²) in [6.45, 7) is 0. The highest BCUT2D eigenvalue weighted by molar-refractivity contribution is 9.10. The largest absolute Gasteiger partial charge is 0.365 e. The number of ketones is 1. The van der Waals surface area contributed by atoms with Gasteiger partial charge in [-0.05, 0) is 23.3 Å². The highest BCUT2D eigenvalue weighted by Crippen LogP contribution is 2.61. The normalized spacial score (nSPS) is 14.3. The van der Waals surface area contributed by atoms with Crippen LogP contribution < -0.4 is 0 Å². The van der Waals surface area contributed by atoms with E-state index in [4.69, 9.17) is 9.05 Å². The number of carbonyl (C=O) groups is 1. The van der Waals surface area contributed by atoms with Crippen LogP contribution in [0.4, 0.5) is 0 Å². The fourth-order valence-corrected chi connectivity index (χ4v) is 4.47. The second-order valence-corrected chi connectivity index (χ2v) is 8.06. The van der Waals surface area contributed by atoms with Crippen molar-refractivity contribution in [3.05, 3.63) is 75.0 Å². The first-order chi connectivity index (χ1) is 11.0. The molecule has 6 heteroatoms. The van der Waals surface area contributed by atoms with E-state index in [0.29, 0.717) is 11.1 Å². The van der Waals surface area contributed by atoms with E-state index < -0.39 is 7.60 Å². The van der Waals surface area contributed by atoms with Gasteiger partial charge in [-0.2, -0.15) is 0 Å². The molecule has 0 radical (unpaired) electrons. The number of Topliss-reactive ketones (excluding diaryl/α,β-unsaturated/α-hetero) is 1. The van der Waals surface area contributed by atoms with Crippen molar-refractivity contribution in [1.29, 1.82) is 0 Å². The van der Waals surface area contributed by atoms with Gasteiger partial charge in [0.1, 0.15) is 5.31 Å². The van der Waals surface area contributed by atoms with Crippen LogP contribution in [-0.2, 0) is 13.6 Å². The molecule has 2 aromatic rings. The maximum Gasteiger partial charge on any atom is 0.365 e. The van der Waals surface area contributed by atoms with Crippen LogP contribution in [-0.4, -0.2) is 20.0 Å². The van der Waals surface area contributed by atoms with Crippen molar-refractivity contribution in [1.82, 2.24) is 0 Å². The summed E-state index contributed by atoms with van der Waals surface area (Å²) in [5.41, 5.74) is 2.62. The van der Waals surface area contributed by atoms with E-state index in [2.05, 4.69) is 15.9 Å². The second kappa shape index (κ2) is 6.17. The van der Waals surface area contributed by atoms with E-state index in [1.165, 1.54) is 14.2 Å². The minimum atomic E-state index is -3.69. The topological polar surface area (TPSA) is 52.6 Å². The van der Waals surface area contributed by atoms with Crippen molar-refractivity contribution < 1.29 is 18.4 Å². The second-order valence-electron chi connectivity index (χ2n) is 4.97. The standard InChI is InChI=1S/C17H14BrO4P/c1-21-23(20,22-2)17-15(11-6-4-3-5-7-11)13-9-8-12(18)10-14(13)16(17)19/h3-10H,1-2H3. The van der Waals surface area contributed by atoms with E-state index >= 15 is 0 Å². The zero-order chi connectivity index (χ0) is 16.6. The molecule has 0 N–H and O–H groups in total. The first-order valence-electron chi connectivity index (χ1n) is 6.88. The lowest BCUT2D eigenvalue weighted by molar-refractivity contribution is 0.104. The zero-order valence-corrected chi connectivity index (χ0v) is 15.1. The summed E-state index contributed by atoms with van der Waals surface area (Å²) in [4.78, 5) is 12.9. The molecule has 0 atom stereocenters. The highest BCUT2D eigenvalue weighted by Gasteiger charge is 2.43. The molecule has 0 aliphatic heterocycles. The molecular formula is C17H14BrO4P. The van der Waals surface area contributed by atoms with Crippen LogP contribution in [0.25, 0.3) is 5.57 Å². The maximum atomic E-state index is 13.0. The summed E-state index contributed by atoms with van der Waals surface area (Å²) >= 11 is 3.37. The first kappa shape index (κ1) is 16.3. The molecule has 0 aromatic heterocycles. The van der Waals surface area contributed by atoms with Crippen molar-refractivity contribution >= 4 is 34.9 Å². The number of allylic oxidation sites excluding steroid dienone is 1. The number of hydrogen-bond donors (Lipinski definition) is 0. The summed E-state index contributed by atoms with van der Waals surface area (Å²) in [6, 6.07) is 14.8. The summed E-state index contributed by atoms with van der Waals surface area (Å²) < 4.78 is 23.9. The molecular weight excluding hydrogens is 379 g/mol. The number of hydrogen-bond acceptors (Lipinski definition) is 4. The van der Waals surface area contributed by atoms with Crippen LogP contribution in [0, 0.1) is 0 Å². The maximum absolute atomic E-state index is 13.0. The van der Waals surface area contributed by atoms with Crippen molar-refractivity contribution in [2.24, 2.45) is 0 Å². The quantitative estimate of drug-likeness (QED) is 0.695. The molecule has 0 amide bonds. The van der Waals surface area contributed by atoms with Gasteiger partial charge in [-0.15, -0.1) is 0 Å². The minimum Gasteiger partial charge on any atom is -0.308 e. The zero-order valence-electron chi connectivity index (χ0n) is 12.6. The van der Waals surface area contributed by atoms with Gasteiger partial charge in [-0.3, -0.25) is 9.36 Å². The molecule has 0 saturated carbocycles. The molecule has 0 heterocycles. The highest BCUT2D eigenvalue weighted by atomic mass is 79.9. The van der Waals surface area contributed by atoms with E-state index in [1.54, 1.807) is 6.07 Å². The van der Waals surface area contributed by atoms with E-state index in [-0.39, 0.29) is 11.1 Å². The SMILES string of the molecule is COP(=O)(OC)C1=C(c2ccccc2)c2ccc(Br)cc2C1=O.